The number of hydrogen-bond acceptors (Lipinski definition) is 3. The molecule has 4 heteroatoms. The lowest BCUT2D eigenvalue weighted by molar-refractivity contribution is 0.0935. The summed E-state index contributed by atoms with van der Waals surface area (Å²) < 4.78 is 5.80. The number of nitrogens with zero attached hydrogens (tertiary/aromatic N) is 1. The molecule has 118 valence electrons. The van der Waals surface area contributed by atoms with E-state index in [1.165, 1.54) is 0 Å². The Morgan fingerprint density at radius 2 is 1.78 bits per heavy atom. The number of nitrogens with one attached hydrogen (secondary N) is 1. The molecule has 0 aliphatic heterocycles. The van der Waals surface area contributed by atoms with E-state index in [0.29, 0.717) is 5.56 Å². The molecule has 0 saturated heterocycles. The first-order valence-electron chi connectivity index (χ1n) is 7.61. The van der Waals surface area contributed by atoms with Gasteiger partial charge in [-0.2, -0.15) is 0 Å². The average Bonchev–Trinajstić information content (AvgIpc) is 2.99. The van der Waals surface area contributed by atoms with Crippen LogP contribution in [-0.2, 0) is 0 Å². The third-order valence-corrected chi connectivity index (χ3v) is 3.86. The molecular formula is C19H20N2O2. The van der Waals surface area contributed by atoms with Gasteiger partial charge >= 0.3 is 0 Å². The highest BCUT2D eigenvalue weighted by molar-refractivity contribution is 5.94. The molecule has 1 amide bonds. The summed E-state index contributed by atoms with van der Waals surface area (Å²) in [6.07, 6.45) is 0. The smallest absolute Gasteiger partial charge is 0.251 e. The molecule has 0 saturated carbocycles. The van der Waals surface area contributed by atoms with Gasteiger partial charge in [0.2, 0.25) is 0 Å². The summed E-state index contributed by atoms with van der Waals surface area (Å²) >= 11 is 0. The molecule has 0 spiro atoms. The van der Waals surface area contributed by atoms with Crippen molar-refractivity contribution in [2.24, 2.45) is 0 Å². The first-order valence-corrected chi connectivity index (χ1v) is 7.61. The van der Waals surface area contributed by atoms with Gasteiger partial charge in [-0.05, 0) is 43.3 Å². The Bertz CT molecular complexity index is 786. The van der Waals surface area contributed by atoms with E-state index in [1.54, 1.807) is 0 Å². The summed E-state index contributed by atoms with van der Waals surface area (Å²) in [4.78, 5) is 14.4. The maximum Gasteiger partial charge on any atom is 0.251 e. The van der Waals surface area contributed by atoms with Crippen LogP contribution < -0.4 is 10.2 Å². The van der Waals surface area contributed by atoms with Crippen LogP contribution in [0.3, 0.4) is 0 Å². The summed E-state index contributed by atoms with van der Waals surface area (Å²) in [5, 5.41) is 4.02. The first kappa shape index (κ1) is 15.2. The standard InChI is InChI=1S/C19H20N2O2/c1-13(18-12-15-6-4-5-7-17(15)23-18)20-19(22)14-8-10-16(11-9-14)21(2)3/h4-13H,1-3H3,(H,20,22). The average molecular weight is 308 g/mol. The summed E-state index contributed by atoms with van der Waals surface area (Å²) in [6, 6.07) is 17.1. The zero-order valence-electron chi connectivity index (χ0n) is 13.5. The molecule has 23 heavy (non-hydrogen) atoms. The van der Waals surface area contributed by atoms with Crippen LogP contribution in [-0.4, -0.2) is 20.0 Å². The topological polar surface area (TPSA) is 45.5 Å². The van der Waals surface area contributed by atoms with Crippen LogP contribution in [0.25, 0.3) is 11.0 Å². The van der Waals surface area contributed by atoms with Crippen LogP contribution in [0.4, 0.5) is 5.69 Å². The molecule has 0 bridgehead atoms. The number of anilines is 1. The van der Waals surface area contributed by atoms with Gasteiger partial charge in [0.1, 0.15) is 11.3 Å². The SMILES string of the molecule is CC(NC(=O)c1ccc(N(C)C)cc1)c1cc2ccccc2o1. The van der Waals surface area contributed by atoms with E-state index in [4.69, 9.17) is 4.42 Å². The summed E-state index contributed by atoms with van der Waals surface area (Å²) in [7, 11) is 3.94. The number of para-hydroxylation sites is 1. The van der Waals surface area contributed by atoms with E-state index < -0.39 is 0 Å². The Balaban J connectivity index is 1.73. The highest BCUT2D eigenvalue weighted by Crippen LogP contribution is 2.24. The predicted molar refractivity (Wildman–Crippen MR) is 92.9 cm³/mol. The first-order chi connectivity index (χ1) is 11.0. The predicted octanol–water partition coefficient (Wildman–Crippen LogP) is 3.99. The van der Waals surface area contributed by atoms with Crippen LogP contribution in [0.1, 0.15) is 29.1 Å². The number of benzene rings is 2. The minimum atomic E-state index is -0.191. The second kappa shape index (κ2) is 6.16. The summed E-state index contributed by atoms with van der Waals surface area (Å²) in [5.41, 5.74) is 2.53. The fourth-order valence-corrected chi connectivity index (χ4v) is 2.48. The lowest BCUT2D eigenvalue weighted by Crippen LogP contribution is -2.26. The Morgan fingerprint density at radius 3 is 2.43 bits per heavy atom. The van der Waals surface area contributed by atoms with Crippen LogP contribution in [0.2, 0.25) is 0 Å². The molecule has 1 atom stereocenters. The van der Waals surface area contributed by atoms with Crippen molar-refractivity contribution in [2.45, 2.75) is 13.0 Å². The summed E-state index contributed by atoms with van der Waals surface area (Å²) in [6.45, 7) is 1.92. The van der Waals surface area contributed by atoms with Crippen LogP contribution in [0, 0.1) is 0 Å². The minimum absolute atomic E-state index is 0.108. The molecule has 0 radical (unpaired) electrons. The largest absolute Gasteiger partial charge is 0.459 e. The normalized spacial score (nSPS) is 12.1. The number of rotatable bonds is 4. The number of fused-ring (bicyclic) bond motifs is 1. The number of carbonyl (C=O) groups excluding carboxylic acids is 1. The monoisotopic (exact) mass is 308 g/mol. The maximum atomic E-state index is 12.4. The lowest BCUT2D eigenvalue weighted by atomic mass is 10.1. The van der Waals surface area contributed by atoms with E-state index in [2.05, 4.69) is 5.32 Å². The van der Waals surface area contributed by atoms with Crippen molar-refractivity contribution in [3.63, 3.8) is 0 Å². The van der Waals surface area contributed by atoms with Gasteiger partial charge in [-0.1, -0.05) is 18.2 Å². The molecule has 0 aliphatic carbocycles. The molecule has 1 aromatic heterocycles. The van der Waals surface area contributed by atoms with Crippen molar-refractivity contribution < 1.29 is 9.21 Å². The van der Waals surface area contributed by atoms with E-state index in [1.807, 2.05) is 80.5 Å². The van der Waals surface area contributed by atoms with Crippen LogP contribution in [0.15, 0.2) is 59.0 Å². The van der Waals surface area contributed by atoms with Crippen molar-refractivity contribution in [3.8, 4) is 0 Å². The zero-order chi connectivity index (χ0) is 16.4. The minimum Gasteiger partial charge on any atom is -0.459 e. The summed E-state index contributed by atoms with van der Waals surface area (Å²) in [5.74, 6) is 0.646. The Kier molecular flexibility index (Phi) is 4.06. The van der Waals surface area contributed by atoms with Gasteiger partial charge in [-0.25, -0.2) is 0 Å². The zero-order valence-corrected chi connectivity index (χ0v) is 13.5. The van der Waals surface area contributed by atoms with E-state index in [-0.39, 0.29) is 11.9 Å². The maximum absolute atomic E-state index is 12.4. The van der Waals surface area contributed by atoms with Crippen molar-refractivity contribution in [3.05, 3.63) is 65.9 Å². The molecule has 1 heterocycles. The third kappa shape index (κ3) is 3.21. The molecule has 1 N–H and O–H groups in total. The molecule has 0 fully saturated rings. The second-order valence-corrected chi connectivity index (χ2v) is 5.82. The van der Waals surface area contributed by atoms with Gasteiger partial charge < -0.3 is 14.6 Å². The Hall–Kier alpha value is -2.75. The van der Waals surface area contributed by atoms with Crippen molar-refractivity contribution >= 4 is 22.6 Å². The molecule has 3 rings (SSSR count). The highest BCUT2D eigenvalue weighted by Gasteiger charge is 2.15. The molecule has 1 unspecified atom stereocenters. The second-order valence-electron chi connectivity index (χ2n) is 5.82. The van der Waals surface area contributed by atoms with Gasteiger partial charge in [0, 0.05) is 30.7 Å². The number of hydrogen-bond donors (Lipinski definition) is 1. The quantitative estimate of drug-likeness (QED) is 0.792. The van der Waals surface area contributed by atoms with Gasteiger partial charge in [0.05, 0.1) is 6.04 Å². The van der Waals surface area contributed by atoms with Crippen molar-refractivity contribution in [2.75, 3.05) is 19.0 Å². The van der Waals surface area contributed by atoms with E-state index in [0.717, 1.165) is 22.4 Å². The van der Waals surface area contributed by atoms with Gasteiger partial charge in [0.25, 0.3) is 5.91 Å². The number of amides is 1. The molecule has 3 aromatic rings. The molecule has 4 nitrogen and oxygen atoms in total. The molecular weight excluding hydrogens is 288 g/mol. The third-order valence-electron chi connectivity index (χ3n) is 3.86. The lowest BCUT2D eigenvalue weighted by Gasteiger charge is -2.14. The number of furan rings is 1. The van der Waals surface area contributed by atoms with Crippen LogP contribution >= 0.6 is 0 Å². The number of carbonyl (C=O) groups is 1. The van der Waals surface area contributed by atoms with Gasteiger partial charge in [-0.3, -0.25) is 4.79 Å². The molecule has 2 aromatic carbocycles. The van der Waals surface area contributed by atoms with Gasteiger partial charge in [-0.15, -0.1) is 0 Å². The van der Waals surface area contributed by atoms with E-state index in [9.17, 15) is 4.79 Å². The van der Waals surface area contributed by atoms with Crippen molar-refractivity contribution in [1.29, 1.82) is 0 Å². The van der Waals surface area contributed by atoms with Crippen LogP contribution in [0.5, 0.6) is 0 Å². The highest BCUT2D eigenvalue weighted by atomic mass is 16.3. The fourth-order valence-electron chi connectivity index (χ4n) is 2.48. The fraction of sp³-hybridized carbons (Fsp3) is 0.211. The van der Waals surface area contributed by atoms with Gasteiger partial charge in [0.15, 0.2) is 0 Å². The van der Waals surface area contributed by atoms with Crippen molar-refractivity contribution in [1.82, 2.24) is 5.32 Å². The van der Waals surface area contributed by atoms with E-state index >= 15 is 0 Å². The Morgan fingerprint density at radius 1 is 1.09 bits per heavy atom. The molecule has 0 aliphatic rings. The Labute approximate surface area is 135 Å².